The molecule has 0 spiro atoms. The number of pyridine rings is 1. The highest BCUT2D eigenvalue weighted by atomic mass is 19.1. The summed E-state index contributed by atoms with van der Waals surface area (Å²) in [6.45, 7) is 5.19. The average molecular weight is 368 g/mol. The Labute approximate surface area is 159 Å². The summed E-state index contributed by atoms with van der Waals surface area (Å²) in [5, 5.41) is 0. The number of hydrogen-bond acceptors (Lipinski definition) is 3. The number of amides is 1. The highest BCUT2D eigenvalue weighted by Crippen LogP contribution is 2.23. The van der Waals surface area contributed by atoms with Gasteiger partial charge in [0.1, 0.15) is 11.6 Å². The van der Waals surface area contributed by atoms with Gasteiger partial charge in [-0.1, -0.05) is 26.0 Å². The molecule has 0 bridgehead atoms. The highest BCUT2D eigenvalue weighted by Gasteiger charge is 2.29. The summed E-state index contributed by atoms with van der Waals surface area (Å²) in [6.07, 6.45) is 3.73. The fourth-order valence-electron chi connectivity index (χ4n) is 3.52. The number of Topliss-reactive ketones (excluding diaryl/α,β-unsaturated/α-hetero) is 1. The number of hydrogen-bond donors (Lipinski definition) is 0. The third-order valence-electron chi connectivity index (χ3n) is 4.93. The Kier molecular flexibility index (Phi) is 5.99. The number of carbonyl (C=O) groups excluding carboxylic acids is 2. The van der Waals surface area contributed by atoms with Crippen LogP contribution < -0.4 is 0 Å². The van der Waals surface area contributed by atoms with Crippen molar-refractivity contribution in [1.82, 2.24) is 9.88 Å². The third-order valence-corrected chi connectivity index (χ3v) is 4.93. The van der Waals surface area contributed by atoms with Crippen LogP contribution in [0.3, 0.4) is 0 Å². The van der Waals surface area contributed by atoms with Crippen LogP contribution in [0.1, 0.15) is 43.5 Å². The maximum atomic E-state index is 13.9. The van der Waals surface area contributed by atoms with Crippen LogP contribution in [0, 0.1) is 17.7 Å². The number of carbonyl (C=O) groups is 2. The van der Waals surface area contributed by atoms with Gasteiger partial charge in [-0.2, -0.15) is 0 Å². The summed E-state index contributed by atoms with van der Waals surface area (Å²) in [5.41, 5.74) is 1.37. The molecule has 2 aromatic rings. The minimum atomic E-state index is -0.341. The zero-order chi connectivity index (χ0) is 19.4. The molecule has 5 heteroatoms. The summed E-state index contributed by atoms with van der Waals surface area (Å²) in [4.78, 5) is 31.2. The number of piperidine rings is 1. The summed E-state index contributed by atoms with van der Waals surface area (Å²) in [7, 11) is 0. The van der Waals surface area contributed by atoms with E-state index in [-0.39, 0.29) is 23.4 Å². The van der Waals surface area contributed by atoms with Gasteiger partial charge in [-0.25, -0.2) is 4.39 Å². The first-order valence-corrected chi connectivity index (χ1v) is 9.48. The number of nitrogens with zero attached hydrogens (tertiary/aromatic N) is 2. The molecular formula is C22H25FN2O2. The van der Waals surface area contributed by atoms with Crippen LogP contribution in [0.5, 0.6) is 0 Å². The Morgan fingerprint density at radius 2 is 2.00 bits per heavy atom. The molecule has 0 unspecified atom stereocenters. The molecule has 2 heterocycles. The number of likely N-dealkylation sites (tertiary alicyclic amines) is 1. The first kappa shape index (κ1) is 19.2. The lowest BCUT2D eigenvalue weighted by Gasteiger charge is -2.32. The average Bonchev–Trinajstić information content (AvgIpc) is 2.67. The van der Waals surface area contributed by atoms with E-state index >= 15 is 0 Å². The van der Waals surface area contributed by atoms with Crippen LogP contribution in [-0.4, -0.2) is 34.7 Å². The molecule has 1 aromatic heterocycles. The van der Waals surface area contributed by atoms with E-state index in [0.717, 1.165) is 12.8 Å². The standard InChI is InChI=1S/C22H25FN2O2/c1-15(2)12-21(26)17-6-5-11-25(14-17)22(27)16-9-10-20(24-13-16)18-7-3-4-8-19(18)23/h3-4,7-10,13,15,17H,5-6,11-12,14H2,1-2H3/t17-/m1/s1. The predicted octanol–water partition coefficient (Wildman–Crippen LogP) is 4.36. The zero-order valence-electron chi connectivity index (χ0n) is 15.8. The molecule has 0 radical (unpaired) electrons. The van der Waals surface area contributed by atoms with Crippen LogP contribution in [0.4, 0.5) is 4.39 Å². The molecule has 1 amide bonds. The van der Waals surface area contributed by atoms with E-state index in [0.29, 0.717) is 42.2 Å². The van der Waals surface area contributed by atoms with Gasteiger partial charge in [-0.05, 0) is 43.0 Å². The molecule has 0 aliphatic carbocycles. The minimum absolute atomic E-state index is 0.0734. The first-order valence-electron chi connectivity index (χ1n) is 9.48. The Hall–Kier alpha value is -2.56. The fourth-order valence-corrected chi connectivity index (χ4v) is 3.52. The van der Waals surface area contributed by atoms with Crippen molar-refractivity contribution in [3.63, 3.8) is 0 Å². The van der Waals surface area contributed by atoms with E-state index in [1.165, 1.54) is 12.3 Å². The van der Waals surface area contributed by atoms with Gasteiger partial charge in [0, 0.05) is 37.2 Å². The number of rotatable bonds is 5. The van der Waals surface area contributed by atoms with Crippen molar-refractivity contribution >= 4 is 11.7 Å². The van der Waals surface area contributed by atoms with Crippen LogP contribution in [-0.2, 0) is 4.79 Å². The summed E-state index contributed by atoms with van der Waals surface area (Å²) < 4.78 is 13.9. The van der Waals surface area contributed by atoms with Gasteiger partial charge in [-0.15, -0.1) is 0 Å². The van der Waals surface area contributed by atoms with Crippen molar-refractivity contribution in [3.05, 3.63) is 54.0 Å². The van der Waals surface area contributed by atoms with Crippen molar-refractivity contribution in [3.8, 4) is 11.3 Å². The molecule has 3 rings (SSSR count). The summed E-state index contributed by atoms with van der Waals surface area (Å²) >= 11 is 0. The van der Waals surface area contributed by atoms with E-state index in [4.69, 9.17) is 0 Å². The molecule has 142 valence electrons. The van der Waals surface area contributed by atoms with Crippen molar-refractivity contribution in [2.24, 2.45) is 11.8 Å². The van der Waals surface area contributed by atoms with E-state index in [2.05, 4.69) is 4.98 Å². The zero-order valence-corrected chi connectivity index (χ0v) is 15.8. The predicted molar refractivity (Wildman–Crippen MR) is 103 cm³/mol. The van der Waals surface area contributed by atoms with Crippen LogP contribution in [0.15, 0.2) is 42.6 Å². The van der Waals surface area contributed by atoms with Gasteiger partial charge < -0.3 is 4.90 Å². The Balaban J connectivity index is 1.70. The summed E-state index contributed by atoms with van der Waals surface area (Å²) in [6, 6.07) is 9.77. The fraction of sp³-hybridized carbons (Fsp3) is 0.409. The number of halogens is 1. The first-order chi connectivity index (χ1) is 13.0. The maximum Gasteiger partial charge on any atom is 0.255 e. The van der Waals surface area contributed by atoms with Crippen molar-refractivity contribution < 1.29 is 14.0 Å². The molecule has 1 atom stereocenters. The van der Waals surface area contributed by atoms with Crippen LogP contribution in [0.2, 0.25) is 0 Å². The minimum Gasteiger partial charge on any atom is -0.338 e. The Morgan fingerprint density at radius 1 is 1.22 bits per heavy atom. The molecule has 1 aromatic carbocycles. The van der Waals surface area contributed by atoms with E-state index in [9.17, 15) is 14.0 Å². The smallest absolute Gasteiger partial charge is 0.255 e. The molecule has 0 saturated carbocycles. The lowest BCUT2D eigenvalue weighted by molar-refractivity contribution is -0.124. The second-order valence-corrected chi connectivity index (χ2v) is 7.57. The Morgan fingerprint density at radius 3 is 2.67 bits per heavy atom. The monoisotopic (exact) mass is 368 g/mol. The quantitative estimate of drug-likeness (QED) is 0.788. The van der Waals surface area contributed by atoms with Crippen molar-refractivity contribution in [2.45, 2.75) is 33.1 Å². The number of benzene rings is 1. The van der Waals surface area contributed by atoms with Gasteiger partial charge in [0.25, 0.3) is 5.91 Å². The van der Waals surface area contributed by atoms with Crippen LogP contribution >= 0.6 is 0 Å². The molecule has 1 saturated heterocycles. The molecule has 1 fully saturated rings. The molecule has 4 nitrogen and oxygen atoms in total. The lowest BCUT2D eigenvalue weighted by atomic mass is 9.89. The Bertz CT molecular complexity index is 817. The van der Waals surface area contributed by atoms with Crippen LogP contribution in [0.25, 0.3) is 11.3 Å². The number of aromatic nitrogens is 1. The second kappa shape index (κ2) is 8.42. The molecular weight excluding hydrogens is 343 g/mol. The molecule has 0 N–H and O–H groups in total. The highest BCUT2D eigenvalue weighted by molar-refractivity contribution is 5.94. The SMILES string of the molecule is CC(C)CC(=O)[C@@H]1CCCN(C(=O)c2ccc(-c3ccccc3F)nc2)C1. The lowest BCUT2D eigenvalue weighted by Crippen LogP contribution is -2.42. The van der Waals surface area contributed by atoms with E-state index in [1.54, 1.807) is 35.2 Å². The largest absolute Gasteiger partial charge is 0.338 e. The number of ketones is 1. The van der Waals surface area contributed by atoms with Gasteiger partial charge in [-0.3, -0.25) is 14.6 Å². The molecule has 1 aliphatic rings. The molecule has 1 aliphatic heterocycles. The van der Waals surface area contributed by atoms with Gasteiger partial charge >= 0.3 is 0 Å². The maximum absolute atomic E-state index is 13.9. The molecule has 27 heavy (non-hydrogen) atoms. The van der Waals surface area contributed by atoms with E-state index in [1.807, 2.05) is 13.8 Å². The third kappa shape index (κ3) is 4.59. The van der Waals surface area contributed by atoms with Gasteiger partial charge in [0.2, 0.25) is 0 Å². The topological polar surface area (TPSA) is 50.3 Å². The van der Waals surface area contributed by atoms with Crippen molar-refractivity contribution in [1.29, 1.82) is 0 Å². The summed E-state index contributed by atoms with van der Waals surface area (Å²) in [5.74, 6) is 0.0428. The van der Waals surface area contributed by atoms with E-state index < -0.39 is 0 Å². The van der Waals surface area contributed by atoms with Gasteiger partial charge in [0.05, 0.1) is 11.3 Å². The van der Waals surface area contributed by atoms with Crippen molar-refractivity contribution in [2.75, 3.05) is 13.1 Å². The van der Waals surface area contributed by atoms with Gasteiger partial charge in [0.15, 0.2) is 0 Å². The second-order valence-electron chi connectivity index (χ2n) is 7.57. The normalized spacial score (nSPS) is 17.2.